The summed E-state index contributed by atoms with van der Waals surface area (Å²) in [6, 6.07) is 21.3. The smallest absolute Gasteiger partial charge is 0.220 e. The minimum Gasteiger partial charge on any atom is -0.491 e. The van der Waals surface area contributed by atoms with Gasteiger partial charge in [-0.05, 0) is 55.7 Å². The molecule has 28 heavy (non-hydrogen) atoms. The molecule has 3 aromatic carbocycles. The number of ether oxygens (including phenoxy) is 1. The second-order valence-corrected chi connectivity index (χ2v) is 8.41. The van der Waals surface area contributed by atoms with Crippen molar-refractivity contribution >= 4 is 40.0 Å². The summed E-state index contributed by atoms with van der Waals surface area (Å²) in [5, 5.41) is 1.17. The van der Waals surface area contributed by atoms with Gasteiger partial charge in [-0.3, -0.25) is 4.90 Å². The molecule has 0 fully saturated rings. The normalized spacial score (nSPS) is 15.0. The highest BCUT2D eigenvalue weighted by atomic mass is 32.2. The third-order valence-electron chi connectivity index (χ3n) is 5.46. The van der Waals surface area contributed by atoms with Gasteiger partial charge < -0.3 is 9.15 Å². The second-order valence-electron chi connectivity index (χ2n) is 7.36. The maximum absolute atomic E-state index is 6.41. The Hall–Kier alpha value is -2.85. The molecule has 2 aliphatic rings. The van der Waals surface area contributed by atoms with E-state index in [2.05, 4.69) is 72.5 Å². The molecular weight excluding hydrogens is 366 g/mol. The first-order valence-electron chi connectivity index (χ1n) is 9.64. The van der Waals surface area contributed by atoms with Crippen molar-refractivity contribution in [1.82, 2.24) is 0 Å². The Morgan fingerprint density at radius 3 is 2.82 bits per heavy atom. The molecule has 138 valence electrons. The van der Waals surface area contributed by atoms with Crippen LogP contribution in [0, 0.1) is 6.92 Å². The Balaban J connectivity index is 1.66. The van der Waals surface area contributed by atoms with E-state index in [4.69, 9.17) is 9.15 Å². The van der Waals surface area contributed by atoms with Gasteiger partial charge in [-0.1, -0.05) is 47.7 Å². The number of nitrogens with zero attached hydrogens (tertiary/aromatic N) is 1. The zero-order valence-corrected chi connectivity index (χ0v) is 16.4. The fraction of sp³-hybridized carbons (Fsp3) is 0.167. The maximum atomic E-state index is 6.41. The lowest BCUT2D eigenvalue weighted by Crippen LogP contribution is -2.17. The lowest BCUT2D eigenvalue weighted by atomic mass is 10.0. The highest BCUT2D eigenvalue weighted by Crippen LogP contribution is 2.56. The summed E-state index contributed by atoms with van der Waals surface area (Å²) < 4.78 is 12.6. The van der Waals surface area contributed by atoms with Crippen molar-refractivity contribution in [2.75, 3.05) is 11.5 Å². The number of fused-ring (bicyclic) bond motifs is 5. The highest BCUT2D eigenvalue weighted by molar-refractivity contribution is 8.00. The molecule has 0 spiro atoms. The predicted molar refractivity (Wildman–Crippen MR) is 114 cm³/mol. The third kappa shape index (κ3) is 2.31. The van der Waals surface area contributed by atoms with Crippen LogP contribution in [-0.4, -0.2) is 6.61 Å². The van der Waals surface area contributed by atoms with Crippen LogP contribution >= 0.6 is 11.8 Å². The first kappa shape index (κ1) is 16.1. The van der Waals surface area contributed by atoms with Gasteiger partial charge >= 0.3 is 0 Å². The van der Waals surface area contributed by atoms with Crippen LogP contribution in [-0.2, 0) is 6.42 Å². The van der Waals surface area contributed by atoms with Gasteiger partial charge in [-0.25, -0.2) is 0 Å². The third-order valence-corrected chi connectivity index (χ3v) is 6.62. The van der Waals surface area contributed by atoms with Crippen molar-refractivity contribution in [3.05, 3.63) is 71.8 Å². The van der Waals surface area contributed by atoms with Gasteiger partial charge in [0.05, 0.1) is 22.9 Å². The summed E-state index contributed by atoms with van der Waals surface area (Å²) in [6.45, 7) is 2.89. The molecule has 2 aliphatic heterocycles. The number of anilines is 3. The molecule has 4 heteroatoms. The zero-order chi connectivity index (χ0) is 18.7. The summed E-state index contributed by atoms with van der Waals surface area (Å²) in [7, 11) is 0. The highest BCUT2D eigenvalue weighted by Gasteiger charge is 2.32. The van der Waals surface area contributed by atoms with Gasteiger partial charge in [0, 0.05) is 10.3 Å². The number of benzene rings is 3. The average Bonchev–Trinajstić information content (AvgIpc) is 3.09. The summed E-state index contributed by atoms with van der Waals surface area (Å²) in [4.78, 5) is 4.64. The standard InChI is InChI=1S/C24H19NO2S/c1-15-11-12-20-17(14-15)23-24(27-20)25(18-8-2-3-10-21(18)28-23)19-9-4-6-16-7-5-13-26-22(16)19/h2-4,6,8-12,14H,5,7,13H2,1H3. The molecule has 0 N–H and O–H groups in total. The van der Waals surface area contributed by atoms with E-state index in [0.29, 0.717) is 0 Å². The zero-order valence-electron chi connectivity index (χ0n) is 15.6. The summed E-state index contributed by atoms with van der Waals surface area (Å²) in [5.74, 6) is 1.87. The molecule has 0 bridgehead atoms. The summed E-state index contributed by atoms with van der Waals surface area (Å²) in [5.41, 5.74) is 5.63. The quantitative estimate of drug-likeness (QED) is 0.310. The molecule has 0 unspecified atom stereocenters. The van der Waals surface area contributed by atoms with Crippen LogP contribution in [0.2, 0.25) is 0 Å². The molecule has 4 aromatic rings. The van der Waals surface area contributed by atoms with Crippen LogP contribution in [0.15, 0.2) is 74.9 Å². The van der Waals surface area contributed by atoms with Crippen molar-refractivity contribution < 1.29 is 9.15 Å². The average molecular weight is 385 g/mol. The lowest BCUT2D eigenvalue weighted by molar-refractivity contribution is 0.289. The van der Waals surface area contributed by atoms with Crippen molar-refractivity contribution in [3.8, 4) is 5.75 Å². The number of hydrogen-bond acceptors (Lipinski definition) is 4. The van der Waals surface area contributed by atoms with Gasteiger partial charge in [0.2, 0.25) is 5.88 Å². The lowest BCUT2D eigenvalue weighted by Gasteiger charge is -2.32. The second kappa shape index (κ2) is 6.08. The van der Waals surface area contributed by atoms with Crippen LogP contribution in [0.3, 0.4) is 0 Å². The predicted octanol–water partition coefficient (Wildman–Crippen LogP) is 7.00. The molecule has 0 amide bonds. The molecular formula is C24H19NO2S. The van der Waals surface area contributed by atoms with Gasteiger partial charge in [0.15, 0.2) is 0 Å². The van der Waals surface area contributed by atoms with Gasteiger partial charge in [0.25, 0.3) is 0 Å². The number of aryl methyl sites for hydroxylation is 2. The number of furan rings is 1. The molecule has 3 heterocycles. The van der Waals surface area contributed by atoms with Crippen molar-refractivity contribution in [2.24, 2.45) is 0 Å². The maximum Gasteiger partial charge on any atom is 0.220 e. The molecule has 0 atom stereocenters. The fourth-order valence-corrected chi connectivity index (χ4v) is 5.28. The van der Waals surface area contributed by atoms with E-state index in [0.717, 1.165) is 48.0 Å². The van der Waals surface area contributed by atoms with Crippen LogP contribution < -0.4 is 9.64 Å². The molecule has 0 aliphatic carbocycles. The number of rotatable bonds is 1. The topological polar surface area (TPSA) is 25.6 Å². The Morgan fingerprint density at radius 2 is 1.86 bits per heavy atom. The Bertz CT molecular complexity index is 1230. The van der Waals surface area contributed by atoms with E-state index in [-0.39, 0.29) is 0 Å². The van der Waals surface area contributed by atoms with Crippen LogP contribution in [0.5, 0.6) is 5.75 Å². The molecule has 0 saturated heterocycles. The monoisotopic (exact) mass is 385 g/mol. The van der Waals surface area contributed by atoms with E-state index in [1.807, 2.05) is 0 Å². The first-order valence-corrected chi connectivity index (χ1v) is 10.5. The Morgan fingerprint density at radius 1 is 0.964 bits per heavy atom. The van der Waals surface area contributed by atoms with Crippen molar-refractivity contribution in [2.45, 2.75) is 29.6 Å². The number of para-hydroxylation sites is 2. The molecule has 1 aromatic heterocycles. The van der Waals surface area contributed by atoms with E-state index in [9.17, 15) is 0 Å². The SMILES string of the molecule is Cc1ccc2oc3c(c2c1)Sc1ccccc1N3c1cccc2c1OCCC2. The van der Waals surface area contributed by atoms with Crippen molar-refractivity contribution in [3.63, 3.8) is 0 Å². The van der Waals surface area contributed by atoms with Crippen LogP contribution in [0.4, 0.5) is 17.3 Å². The van der Waals surface area contributed by atoms with Crippen molar-refractivity contribution in [1.29, 1.82) is 0 Å². The van der Waals surface area contributed by atoms with E-state index >= 15 is 0 Å². The summed E-state index contributed by atoms with van der Waals surface area (Å²) in [6.07, 6.45) is 2.12. The summed E-state index contributed by atoms with van der Waals surface area (Å²) >= 11 is 1.79. The van der Waals surface area contributed by atoms with E-state index < -0.39 is 0 Å². The molecule has 3 nitrogen and oxygen atoms in total. The fourth-order valence-electron chi connectivity index (χ4n) is 4.16. The largest absolute Gasteiger partial charge is 0.491 e. The van der Waals surface area contributed by atoms with Gasteiger partial charge in [-0.15, -0.1) is 0 Å². The molecule has 6 rings (SSSR count). The van der Waals surface area contributed by atoms with Gasteiger partial charge in [0.1, 0.15) is 11.3 Å². The minimum absolute atomic E-state index is 0.764. The number of hydrogen-bond donors (Lipinski definition) is 0. The first-order chi connectivity index (χ1) is 13.8. The van der Waals surface area contributed by atoms with E-state index in [1.54, 1.807) is 11.8 Å². The van der Waals surface area contributed by atoms with Crippen LogP contribution in [0.25, 0.3) is 11.0 Å². The van der Waals surface area contributed by atoms with E-state index in [1.165, 1.54) is 26.3 Å². The minimum atomic E-state index is 0.764. The molecule has 0 saturated carbocycles. The molecule has 0 radical (unpaired) electrons. The van der Waals surface area contributed by atoms with Crippen LogP contribution in [0.1, 0.15) is 17.5 Å². The Labute approximate surface area is 167 Å². The Kier molecular flexibility index (Phi) is 3.50. The van der Waals surface area contributed by atoms with Gasteiger partial charge in [-0.2, -0.15) is 0 Å².